The van der Waals surface area contributed by atoms with Crippen molar-refractivity contribution in [3.63, 3.8) is 0 Å². The number of nitrogens with zero attached hydrogens (tertiary/aromatic N) is 1. The van der Waals surface area contributed by atoms with Gasteiger partial charge in [0.05, 0.1) is 5.92 Å². The predicted octanol–water partition coefficient (Wildman–Crippen LogP) is 3.83. The van der Waals surface area contributed by atoms with Crippen LogP contribution < -0.4 is 4.74 Å². The lowest BCUT2D eigenvalue weighted by molar-refractivity contribution is -0.147. The molecule has 0 bridgehead atoms. The Morgan fingerprint density at radius 3 is 2.74 bits per heavy atom. The zero-order valence-corrected chi connectivity index (χ0v) is 16.3. The Kier molecular flexibility index (Phi) is 6.46. The highest BCUT2D eigenvalue weighted by atomic mass is 35.5. The number of carbonyl (C=O) groups is 1. The lowest BCUT2D eigenvalue weighted by atomic mass is 9.89. The molecule has 1 saturated carbocycles. The van der Waals surface area contributed by atoms with Crippen molar-refractivity contribution in [1.82, 2.24) is 4.90 Å². The molecule has 2 fully saturated rings. The molecule has 0 radical (unpaired) electrons. The fourth-order valence-corrected chi connectivity index (χ4v) is 3.95. The van der Waals surface area contributed by atoms with Gasteiger partial charge in [-0.05, 0) is 36.6 Å². The highest BCUT2D eigenvalue weighted by Gasteiger charge is 2.32. The maximum atomic E-state index is 10.9. The van der Waals surface area contributed by atoms with Crippen LogP contribution in [0, 0.1) is 23.7 Å². The van der Waals surface area contributed by atoms with Crippen molar-refractivity contribution in [2.75, 3.05) is 26.2 Å². The highest BCUT2D eigenvalue weighted by molar-refractivity contribution is 5.85. The normalized spacial score (nSPS) is 20.1. The molecule has 4 rings (SSSR count). The standard InChI is InChI=1S/C22H25NO3.ClH/c24-22(25)20-13-23(14-20)12-18-10-19-9-8-17(11-21(19)26-15-18)7-6-16-4-2-1-3-5-16;/h8-11,16,20H,1-5,12-15H2,(H,24,25);1H. The number of hydrogen-bond acceptors (Lipinski definition) is 3. The van der Waals surface area contributed by atoms with Crippen molar-refractivity contribution in [2.24, 2.45) is 11.8 Å². The minimum Gasteiger partial charge on any atom is -0.489 e. The first-order chi connectivity index (χ1) is 12.7. The third-order valence-electron chi connectivity index (χ3n) is 5.55. The summed E-state index contributed by atoms with van der Waals surface area (Å²) in [6, 6.07) is 6.19. The van der Waals surface area contributed by atoms with Crippen LogP contribution in [0.1, 0.15) is 43.2 Å². The van der Waals surface area contributed by atoms with Crippen LogP contribution in [0.2, 0.25) is 0 Å². The lowest BCUT2D eigenvalue weighted by Crippen LogP contribution is -2.51. The van der Waals surface area contributed by atoms with Crippen molar-refractivity contribution < 1.29 is 14.6 Å². The molecule has 5 heteroatoms. The second-order valence-electron chi connectivity index (χ2n) is 7.68. The average molecular weight is 388 g/mol. The maximum Gasteiger partial charge on any atom is 0.309 e. The van der Waals surface area contributed by atoms with E-state index in [4.69, 9.17) is 9.84 Å². The molecule has 0 amide bonds. The van der Waals surface area contributed by atoms with E-state index in [0.29, 0.717) is 25.6 Å². The number of likely N-dealkylation sites (tertiary alicyclic amines) is 1. The molecule has 0 spiro atoms. The van der Waals surface area contributed by atoms with Crippen molar-refractivity contribution >= 4 is 24.5 Å². The zero-order chi connectivity index (χ0) is 17.9. The van der Waals surface area contributed by atoms with Gasteiger partial charge in [0.25, 0.3) is 0 Å². The second kappa shape index (κ2) is 8.82. The van der Waals surface area contributed by atoms with Crippen molar-refractivity contribution in [2.45, 2.75) is 32.1 Å². The molecule has 1 aromatic rings. The zero-order valence-electron chi connectivity index (χ0n) is 15.4. The fraction of sp³-hybridized carbons (Fsp3) is 0.500. The first-order valence-corrected chi connectivity index (χ1v) is 9.60. The molecule has 144 valence electrons. The van der Waals surface area contributed by atoms with E-state index in [-0.39, 0.29) is 18.3 Å². The molecule has 0 aromatic heterocycles. The van der Waals surface area contributed by atoms with E-state index in [1.807, 2.05) is 6.07 Å². The van der Waals surface area contributed by atoms with Gasteiger partial charge in [0.1, 0.15) is 12.4 Å². The molecule has 1 saturated heterocycles. The first-order valence-electron chi connectivity index (χ1n) is 9.60. The summed E-state index contributed by atoms with van der Waals surface area (Å²) in [5.41, 5.74) is 3.31. The van der Waals surface area contributed by atoms with Crippen LogP contribution in [0.25, 0.3) is 6.08 Å². The van der Waals surface area contributed by atoms with Gasteiger partial charge in [-0.25, -0.2) is 0 Å². The van der Waals surface area contributed by atoms with Crippen LogP contribution in [0.4, 0.5) is 0 Å². The number of ether oxygens (including phenoxy) is 1. The molecule has 2 heterocycles. The molecule has 1 aromatic carbocycles. The van der Waals surface area contributed by atoms with Crippen LogP contribution in [-0.4, -0.2) is 42.2 Å². The summed E-state index contributed by atoms with van der Waals surface area (Å²) >= 11 is 0. The van der Waals surface area contributed by atoms with Gasteiger partial charge in [-0.3, -0.25) is 9.69 Å². The van der Waals surface area contributed by atoms with Crippen LogP contribution in [0.3, 0.4) is 0 Å². The number of carboxylic acids is 1. The van der Waals surface area contributed by atoms with Gasteiger partial charge in [0.2, 0.25) is 0 Å². The fourth-order valence-electron chi connectivity index (χ4n) is 3.95. The smallest absolute Gasteiger partial charge is 0.309 e. The molecule has 4 nitrogen and oxygen atoms in total. The van der Waals surface area contributed by atoms with Crippen molar-refractivity contribution in [3.8, 4) is 17.6 Å². The van der Waals surface area contributed by atoms with Crippen LogP contribution >= 0.6 is 12.4 Å². The van der Waals surface area contributed by atoms with Crippen LogP contribution in [-0.2, 0) is 4.79 Å². The molecule has 0 unspecified atom stereocenters. The summed E-state index contributed by atoms with van der Waals surface area (Å²) in [6.45, 7) is 2.62. The first kappa shape index (κ1) is 19.8. The summed E-state index contributed by atoms with van der Waals surface area (Å²) in [6.07, 6.45) is 8.62. The topological polar surface area (TPSA) is 49.8 Å². The lowest BCUT2D eigenvalue weighted by Gasteiger charge is -2.37. The van der Waals surface area contributed by atoms with Gasteiger partial charge in [-0.1, -0.05) is 37.2 Å². The summed E-state index contributed by atoms with van der Waals surface area (Å²) in [5.74, 6) is 7.31. The Labute approximate surface area is 167 Å². The van der Waals surface area contributed by atoms with E-state index in [2.05, 4.69) is 34.9 Å². The number of aliphatic carboxylic acids is 1. The highest BCUT2D eigenvalue weighted by Crippen LogP contribution is 2.29. The predicted molar refractivity (Wildman–Crippen MR) is 108 cm³/mol. The Bertz CT molecular complexity index is 780. The largest absolute Gasteiger partial charge is 0.489 e. The summed E-state index contributed by atoms with van der Waals surface area (Å²) in [7, 11) is 0. The van der Waals surface area contributed by atoms with Crippen LogP contribution in [0.5, 0.6) is 5.75 Å². The number of hydrogen-bond donors (Lipinski definition) is 1. The van der Waals surface area contributed by atoms with E-state index in [9.17, 15) is 4.79 Å². The SMILES string of the molecule is Cl.O=C(O)C1CN(CC2=Cc3ccc(C#CC4CCCCC4)cc3OC2)C1. The minimum atomic E-state index is -0.692. The minimum absolute atomic E-state index is 0. The quantitative estimate of drug-likeness (QED) is 0.801. The molecule has 1 aliphatic carbocycles. The summed E-state index contributed by atoms with van der Waals surface area (Å²) in [4.78, 5) is 13.0. The van der Waals surface area contributed by atoms with Crippen molar-refractivity contribution in [1.29, 1.82) is 0 Å². The monoisotopic (exact) mass is 387 g/mol. The molecular formula is C22H26ClNO3. The summed E-state index contributed by atoms with van der Waals surface area (Å²) in [5, 5.41) is 8.96. The number of fused-ring (bicyclic) bond motifs is 1. The van der Waals surface area contributed by atoms with E-state index in [0.717, 1.165) is 23.4 Å². The number of halogens is 1. The van der Waals surface area contributed by atoms with Gasteiger partial charge in [0, 0.05) is 36.7 Å². The molecule has 2 aliphatic heterocycles. The van der Waals surface area contributed by atoms with Gasteiger partial charge >= 0.3 is 5.97 Å². The van der Waals surface area contributed by atoms with Crippen LogP contribution in [0.15, 0.2) is 23.8 Å². The van der Waals surface area contributed by atoms with E-state index < -0.39 is 5.97 Å². The Hall–Kier alpha value is -1.96. The number of rotatable bonds is 3. The average Bonchev–Trinajstić information content (AvgIpc) is 2.63. The molecule has 1 N–H and O–H groups in total. The Morgan fingerprint density at radius 1 is 1.22 bits per heavy atom. The third kappa shape index (κ3) is 4.86. The molecule has 3 aliphatic rings. The molecule has 0 atom stereocenters. The maximum absolute atomic E-state index is 10.9. The van der Waals surface area contributed by atoms with Gasteiger partial charge in [-0.2, -0.15) is 0 Å². The molecular weight excluding hydrogens is 362 g/mol. The van der Waals surface area contributed by atoms with Gasteiger partial charge in [0.15, 0.2) is 0 Å². The Balaban J connectivity index is 0.00000210. The van der Waals surface area contributed by atoms with E-state index >= 15 is 0 Å². The van der Waals surface area contributed by atoms with E-state index in [1.54, 1.807) is 0 Å². The third-order valence-corrected chi connectivity index (χ3v) is 5.55. The number of carboxylic acid groups (broad SMARTS) is 1. The molecule has 27 heavy (non-hydrogen) atoms. The van der Waals surface area contributed by atoms with Crippen molar-refractivity contribution in [3.05, 3.63) is 34.9 Å². The number of benzene rings is 1. The van der Waals surface area contributed by atoms with Gasteiger partial charge in [-0.15, -0.1) is 12.4 Å². The van der Waals surface area contributed by atoms with E-state index in [1.165, 1.54) is 37.7 Å². The second-order valence-corrected chi connectivity index (χ2v) is 7.68. The Morgan fingerprint density at radius 2 is 2.00 bits per heavy atom. The van der Waals surface area contributed by atoms with Gasteiger partial charge < -0.3 is 9.84 Å². The summed E-state index contributed by atoms with van der Waals surface area (Å²) < 4.78 is 5.93.